The van der Waals surface area contributed by atoms with Gasteiger partial charge in [-0.1, -0.05) is 81.3 Å². The molecule has 0 radical (unpaired) electrons. The third kappa shape index (κ3) is 9.23. The molecule has 3 aromatic rings. The summed E-state index contributed by atoms with van der Waals surface area (Å²) in [7, 11) is 0. The molecular weight excluding hydrogens is 496 g/mol. The lowest BCUT2D eigenvalue weighted by atomic mass is 9.89. The summed E-state index contributed by atoms with van der Waals surface area (Å²) in [6.45, 7) is 7.92. The number of hydrogen-bond acceptors (Lipinski definition) is 3. The molecule has 1 aliphatic rings. The van der Waals surface area contributed by atoms with Gasteiger partial charge in [-0.15, -0.1) is 0 Å². The number of anilines is 2. The van der Waals surface area contributed by atoms with Crippen LogP contribution >= 0.6 is 0 Å². The minimum absolute atomic E-state index is 0.0167. The van der Waals surface area contributed by atoms with E-state index in [-0.39, 0.29) is 17.9 Å². The van der Waals surface area contributed by atoms with E-state index in [9.17, 15) is 9.59 Å². The predicted octanol–water partition coefficient (Wildman–Crippen LogP) is 7.51. The number of carbonyl (C=O) groups excluding carboxylic acids is 2. The van der Waals surface area contributed by atoms with Crippen LogP contribution in [0.5, 0.6) is 0 Å². The lowest BCUT2D eigenvalue weighted by Gasteiger charge is -2.32. The first-order valence-electron chi connectivity index (χ1n) is 14.8. The number of unbranched alkanes of at least 4 members (excludes halogenated alkanes) is 3. The zero-order chi connectivity index (χ0) is 28.2. The van der Waals surface area contributed by atoms with Gasteiger partial charge in [0.25, 0.3) is 0 Å². The molecule has 1 aliphatic heterocycles. The number of piperidine rings is 1. The predicted molar refractivity (Wildman–Crippen MR) is 166 cm³/mol. The molecule has 0 aliphatic carbocycles. The number of nitrogens with one attached hydrogen (secondary N) is 3. The maximum atomic E-state index is 12.2. The van der Waals surface area contributed by atoms with Crippen molar-refractivity contribution in [1.29, 1.82) is 0 Å². The summed E-state index contributed by atoms with van der Waals surface area (Å²) in [4.78, 5) is 26.8. The van der Waals surface area contributed by atoms with E-state index in [1.807, 2.05) is 62.4 Å². The Morgan fingerprint density at radius 2 is 1.48 bits per heavy atom. The average molecular weight is 541 g/mol. The summed E-state index contributed by atoms with van der Waals surface area (Å²) in [5, 5.41) is 8.92. The van der Waals surface area contributed by atoms with E-state index in [0.29, 0.717) is 12.5 Å². The average Bonchev–Trinajstić information content (AvgIpc) is 2.98. The fourth-order valence-corrected chi connectivity index (χ4v) is 5.21. The Morgan fingerprint density at radius 3 is 2.20 bits per heavy atom. The van der Waals surface area contributed by atoms with E-state index in [4.69, 9.17) is 0 Å². The Morgan fingerprint density at radius 1 is 0.775 bits per heavy atom. The molecule has 0 unspecified atom stereocenters. The highest BCUT2D eigenvalue weighted by Crippen LogP contribution is 2.30. The van der Waals surface area contributed by atoms with Gasteiger partial charge in [-0.2, -0.15) is 0 Å². The molecule has 6 nitrogen and oxygen atoms in total. The standard InChI is InChI=1S/C34H44N4O2/c1-26(2)33(39)36-32-14-10-13-30(25-32)29-19-23-38(24-20-29)22-9-4-3-8-21-35-34(40)37-31-17-15-28(16-18-31)27-11-6-5-7-12-27/h5-7,10-18,25-26,29H,3-4,8-9,19-24H2,1-2H3,(H,36,39)(H2,35,37,40). The molecule has 1 heterocycles. The van der Waals surface area contributed by atoms with Crippen molar-refractivity contribution in [3.8, 4) is 11.1 Å². The molecule has 40 heavy (non-hydrogen) atoms. The highest BCUT2D eigenvalue weighted by molar-refractivity contribution is 5.92. The molecule has 3 amide bonds. The number of hydrogen-bond donors (Lipinski definition) is 3. The SMILES string of the molecule is CC(C)C(=O)Nc1cccc(C2CCN(CCCCCCNC(=O)Nc3ccc(-c4ccccc4)cc3)CC2)c1. The molecule has 3 N–H and O–H groups in total. The van der Waals surface area contributed by atoms with E-state index >= 15 is 0 Å². The van der Waals surface area contributed by atoms with Crippen molar-refractivity contribution in [3.05, 3.63) is 84.4 Å². The summed E-state index contributed by atoms with van der Waals surface area (Å²) < 4.78 is 0. The second-order valence-corrected chi connectivity index (χ2v) is 11.1. The molecule has 212 valence electrons. The quantitative estimate of drug-likeness (QED) is 0.208. The summed E-state index contributed by atoms with van der Waals surface area (Å²) >= 11 is 0. The van der Waals surface area contributed by atoms with Gasteiger partial charge in [0.2, 0.25) is 5.91 Å². The first kappa shape index (κ1) is 29.3. The Labute approximate surface area is 239 Å². The molecular formula is C34H44N4O2. The summed E-state index contributed by atoms with van der Waals surface area (Å²) in [5.74, 6) is 0.610. The highest BCUT2D eigenvalue weighted by Gasteiger charge is 2.20. The molecule has 0 bridgehead atoms. The summed E-state index contributed by atoms with van der Waals surface area (Å²) in [6, 6.07) is 26.4. The zero-order valence-electron chi connectivity index (χ0n) is 24.0. The minimum atomic E-state index is -0.150. The Kier molecular flexibility index (Phi) is 11.2. The van der Waals surface area contributed by atoms with Crippen LogP contribution < -0.4 is 16.0 Å². The van der Waals surface area contributed by atoms with Crippen LogP contribution in [-0.2, 0) is 4.79 Å². The van der Waals surface area contributed by atoms with Gasteiger partial charge < -0.3 is 20.9 Å². The number of urea groups is 1. The normalized spacial score (nSPS) is 14.2. The van der Waals surface area contributed by atoms with E-state index < -0.39 is 0 Å². The van der Waals surface area contributed by atoms with Gasteiger partial charge in [0, 0.05) is 23.8 Å². The van der Waals surface area contributed by atoms with Crippen molar-refractivity contribution in [3.63, 3.8) is 0 Å². The van der Waals surface area contributed by atoms with Gasteiger partial charge in [0.15, 0.2) is 0 Å². The highest BCUT2D eigenvalue weighted by atomic mass is 16.2. The number of benzene rings is 3. The van der Waals surface area contributed by atoms with Gasteiger partial charge in [0.1, 0.15) is 0 Å². The van der Waals surface area contributed by atoms with Crippen LogP contribution in [0, 0.1) is 5.92 Å². The van der Waals surface area contributed by atoms with Crippen LogP contribution in [0.25, 0.3) is 11.1 Å². The fraction of sp³-hybridized carbons (Fsp3) is 0.412. The Balaban J connectivity index is 1.05. The second kappa shape index (κ2) is 15.2. The molecule has 3 aromatic carbocycles. The molecule has 0 saturated carbocycles. The third-order valence-corrected chi connectivity index (χ3v) is 7.67. The minimum Gasteiger partial charge on any atom is -0.338 e. The first-order chi connectivity index (χ1) is 19.5. The van der Waals surface area contributed by atoms with Crippen LogP contribution in [0.3, 0.4) is 0 Å². The van der Waals surface area contributed by atoms with Gasteiger partial charge in [-0.05, 0) is 92.2 Å². The maximum Gasteiger partial charge on any atom is 0.319 e. The molecule has 6 heteroatoms. The molecule has 0 spiro atoms. The largest absolute Gasteiger partial charge is 0.338 e. The van der Waals surface area contributed by atoms with Gasteiger partial charge in [-0.3, -0.25) is 4.79 Å². The van der Waals surface area contributed by atoms with Crippen LogP contribution in [0.2, 0.25) is 0 Å². The fourth-order valence-electron chi connectivity index (χ4n) is 5.21. The van der Waals surface area contributed by atoms with Crippen LogP contribution in [-0.4, -0.2) is 43.0 Å². The van der Waals surface area contributed by atoms with Crippen molar-refractivity contribution in [1.82, 2.24) is 10.2 Å². The Hall–Kier alpha value is -3.64. The van der Waals surface area contributed by atoms with Gasteiger partial charge in [0.05, 0.1) is 0 Å². The number of carbonyl (C=O) groups is 2. The molecule has 0 aromatic heterocycles. The van der Waals surface area contributed by atoms with Gasteiger partial charge in [-0.25, -0.2) is 4.79 Å². The molecule has 4 rings (SSSR count). The van der Waals surface area contributed by atoms with Crippen molar-refractivity contribution in [2.45, 2.75) is 58.3 Å². The second-order valence-electron chi connectivity index (χ2n) is 11.1. The van der Waals surface area contributed by atoms with E-state index in [1.54, 1.807) is 0 Å². The number of rotatable bonds is 12. The number of amides is 3. The maximum absolute atomic E-state index is 12.2. The first-order valence-corrected chi connectivity index (χ1v) is 14.8. The van der Waals surface area contributed by atoms with Crippen LogP contribution in [0.15, 0.2) is 78.9 Å². The van der Waals surface area contributed by atoms with Gasteiger partial charge >= 0.3 is 6.03 Å². The molecule has 1 fully saturated rings. The van der Waals surface area contributed by atoms with Crippen molar-refractivity contribution in [2.24, 2.45) is 5.92 Å². The monoisotopic (exact) mass is 540 g/mol. The van der Waals surface area contributed by atoms with Crippen molar-refractivity contribution >= 4 is 23.3 Å². The Bertz CT molecular complexity index is 1200. The zero-order valence-corrected chi connectivity index (χ0v) is 24.0. The van der Waals surface area contributed by atoms with Crippen LogP contribution in [0.1, 0.15) is 63.9 Å². The van der Waals surface area contributed by atoms with E-state index in [2.05, 4.69) is 51.2 Å². The molecule has 0 atom stereocenters. The molecule has 1 saturated heterocycles. The van der Waals surface area contributed by atoms with Crippen molar-refractivity contribution < 1.29 is 9.59 Å². The summed E-state index contributed by atoms with van der Waals surface area (Å²) in [5.41, 5.74) is 5.34. The lowest BCUT2D eigenvalue weighted by Crippen LogP contribution is -2.33. The van der Waals surface area contributed by atoms with E-state index in [0.717, 1.165) is 62.3 Å². The van der Waals surface area contributed by atoms with Crippen LogP contribution in [0.4, 0.5) is 16.2 Å². The third-order valence-electron chi connectivity index (χ3n) is 7.67. The van der Waals surface area contributed by atoms with E-state index in [1.165, 1.54) is 24.0 Å². The van der Waals surface area contributed by atoms with Crippen molar-refractivity contribution in [2.75, 3.05) is 36.8 Å². The lowest BCUT2D eigenvalue weighted by molar-refractivity contribution is -0.118. The summed E-state index contributed by atoms with van der Waals surface area (Å²) in [6.07, 6.45) is 6.82. The number of nitrogens with zero attached hydrogens (tertiary/aromatic N) is 1. The smallest absolute Gasteiger partial charge is 0.319 e. The topological polar surface area (TPSA) is 73.5 Å². The number of likely N-dealkylation sites (tertiary alicyclic amines) is 1.